The van der Waals surface area contributed by atoms with Crippen LogP contribution in [-0.4, -0.2) is 31.1 Å². The van der Waals surface area contributed by atoms with Gasteiger partial charge in [0.1, 0.15) is 0 Å². The van der Waals surface area contributed by atoms with E-state index in [0.717, 1.165) is 25.9 Å². The second-order valence-electron chi connectivity index (χ2n) is 5.24. The molecule has 0 fully saturated rings. The van der Waals surface area contributed by atoms with Crippen molar-refractivity contribution in [1.82, 2.24) is 4.90 Å². The van der Waals surface area contributed by atoms with Crippen LogP contribution in [0.5, 0.6) is 0 Å². The highest BCUT2D eigenvalue weighted by atomic mass is 15.1. The van der Waals surface area contributed by atoms with Crippen LogP contribution in [0, 0.1) is 5.92 Å². The van der Waals surface area contributed by atoms with Crippen LogP contribution in [0.2, 0.25) is 0 Å². The molecule has 0 aliphatic heterocycles. The van der Waals surface area contributed by atoms with E-state index >= 15 is 0 Å². The van der Waals surface area contributed by atoms with Gasteiger partial charge in [0.05, 0.1) is 0 Å². The van der Waals surface area contributed by atoms with E-state index in [2.05, 4.69) is 56.1 Å². The Morgan fingerprint density at radius 3 is 2.35 bits per heavy atom. The van der Waals surface area contributed by atoms with Gasteiger partial charge >= 0.3 is 0 Å². The minimum atomic E-state index is 0.328. The highest BCUT2D eigenvalue weighted by Gasteiger charge is 2.08. The maximum absolute atomic E-state index is 6.05. The van der Waals surface area contributed by atoms with Gasteiger partial charge in [-0.3, -0.25) is 0 Å². The average molecular weight is 234 g/mol. The lowest BCUT2D eigenvalue weighted by atomic mass is 10.0. The Kier molecular flexibility index (Phi) is 6.23. The predicted octanol–water partition coefficient (Wildman–Crippen LogP) is 2.53. The molecule has 96 valence electrons. The molecule has 0 spiro atoms. The van der Waals surface area contributed by atoms with Crippen molar-refractivity contribution < 1.29 is 0 Å². The van der Waals surface area contributed by atoms with Gasteiger partial charge in [0.2, 0.25) is 0 Å². The smallest absolute Gasteiger partial charge is 0.00740 e. The SMILES string of the molecule is CC(C)[C@H](N)CCN(C)CCc1ccccc1. The summed E-state index contributed by atoms with van der Waals surface area (Å²) in [6, 6.07) is 11.0. The highest BCUT2D eigenvalue weighted by molar-refractivity contribution is 5.14. The first-order chi connectivity index (χ1) is 8.09. The van der Waals surface area contributed by atoms with E-state index in [4.69, 9.17) is 5.73 Å². The molecule has 0 aliphatic rings. The maximum atomic E-state index is 6.05. The first kappa shape index (κ1) is 14.2. The average Bonchev–Trinajstić information content (AvgIpc) is 2.34. The van der Waals surface area contributed by atoms with Gasteiger partial charge in [0.25, 0.3) is 0 Å². The Labute approximate surface area is 106 Å². The highest BCUT2D eigenvalue weighted by Crippen LogP contribution is 2.05. The largest absolute Gasteiger partial charge is 0.327 e. The summed E-state index contributed by atoms with van der Waals surface area (Å²) in [6.07, 6.45) is 2.21. The van der Waals surface area contributed by atoms with Crippen molar-refractivity contribution in [2.75, 3.05) is 20.1 Å². The molecule has 1 aromatic rings. The van der Waals surface area contributed by atoms with Gasteiger partial charge in [0, 0.05) is 12.6 Å². The van der Waals surface area contributed by atoms with Crippen molar-refractivity contribution in [2.24, 2.45) is 11.7 Å². The Morgan fingerprint density at radius 1 is 1.12 bits per heavy atom. The van der Waals surface area contributed by atoms with Crippen LogP contribution in [0.25, 0.3) is 0 Å². The number of likely N-dealkylation sites (N-methyl/N-ethyl adjacent to an activating group) is 1. The Bertz CT molecular complexity index is 295. The number of hydrogen-bond acceptors (Lipinski definition) is 2. The van der Waals surface area contributed by atoms with Crippen LogP contribution in [-0.2, 0) is 6.42 Å². The zero-order valence-corrected chi connectivity index (χ0v) is 11.4. The lowest BCUT2D eigenvalue weighted by molar-refractivity contribution is 0.306. The van der Waals surface area contributed by atoms with Crippen molar-refractivity contribution in [1.29, 1.82) is 0 Å². The molecular formula is C15H26N2. The van der Waals surface area contributed by atoms with Crippen LogP contribution < -0.4 is 5.73 Å². The molecule has 0 radical (unpaired) electrons. The second-order valence-corrected chi connectivity index (χ2v) is 5.24. The molecule has 0 amide bonds. The lowest BCUT2D eigenvalue weighted by Crippen LogP contribution is -2.32. The molecule has 0 aliphatic carbocycles. The summed E-state index contributed by atoms with van der Waals surface area (Å²) in [4.78, 5) is 2.37. The molecular weight excluding hydrogens is 208 g/mol. The molecule has 0 heterocycles. The molecule has 0 aromatic heterocycles. The quantitative estimate of drug-likeness (QED) is 0.785. The van der Waals surface area contributed by atoms with Gasteiger partial charge in [-0.15, -0.1) is 0 Å². The normalized spacial score (nSPS) is 13.3. The van der Waals surface area contributed by atoms with E-state index in [-0.39, 0.29) is 0 Å². The van der Waals surface area contributed by atoms with E-state index in [9.17, 15) is 0 Å². The first-order valence-corrected chi connectivity index (χ1v) is 6.57. The lowest BCUT2D eigenvalue weighted by Gasteiger charge is -2.21. The van der Waals surface area contributed by atoms with E-state index in [1.165, 1.54) is 5.56 Å². The summed E-state index contributed by atoms with van der Waals surface area (Å²) < 4.78 is 0. The van der Waals surface area contributed by atoms with Gasteiger partial charge in [-0.05, 0) is 37.9 Å². The van der Waals surface area contributed by atoms with E-state index in [0.29, 0.717) is 12.0 Å². The summed E-state index contributed by atoms with van der Waals surface area (Å²) in [7, 11) is 2.18. The molecule has 1 atom stereocenters. The zero-order valence-electron chi connectivity index (χ0n) is 11.4. The first-order valence-electron chi connectivity index (χ1n) is 6.57. The van der Waals surface area contributed by atoms with Crippen LogP contribution in [0.15, 0.2) is 30.3 Å². The summed E-state index contributed by atoms with van der Waals surface area (Å²) >= 11 is 0. The number of hydrogen-bond donors (Lipinski definition) is 1. The molecule has 17 heavy (non-hydrogen) atoms. The van der Waals surface area contributed by atoms with Crippen LogP contribution in [0.3, 0.4) is 0 Å². The minimum Gasteiger partial charge on any atom is -0.327 e. The Morgan fingerprint density at radius 2 is 1.76 bits per heavy atom. The van der Waals surface area contributed by atoms with E-state index < -0.39 is 0 Å². The third-order valence-electron chi connectivity index (χ3n) is 3.33. The molecule has 2 heteroatoms. The fraction of sp³-hybridized carbons (Fsp3) is 0.600. The fourth-order valence-electron chi connectivity index (χ4n) is 1.78. The summed E-state index contributed by atoms with van der Waals surface area (Å²) in [5, 5.41) is 0. The van der Waals surface area contributed by atoms with Gasteiger partial charge < -0.3 is 10.6 Å². The Hall–Kier alpha value is -0.860. The van der Waals surface area contributed by atoms with Crippen LogP contribution >= 0.6 is 0 Å². The molecule has 2 N–H and O–H groups in total. The van der Waals surface area contributed by atoms with Crippen molar-refractivity contribution in [2.45, 2.75) is 32.7 Å². The molecule has 2 nitrogen and oxygen atoms in total. The summed E-state index contributed by atoms with van der Waals surface area (Å²) in [6.45, 7) is 6.57. The summed E-state index contributed by atoms with van der Waals surface area (Å²) in [5.74, 6) is 0.581. The van der Waals surface area contributed by atoms with Gasteiger partial charge in [-0.25, -0.2) is 0 Å². The van der Waals surface area contributed by atoms with Crippen LogP contribution in [0.1, 0.15) is 25.8 Å². The second kappa shape index (κ2) is 7.46. The third-order valence-corrected chi connectivity index (χ3v) is 3.33. The number of benzene rings is 1. The van der Waals surface area contributed by atoms with Crippen molar-refractivity contribution in [3.63, 3.8) is 0 Å². The predicted molar refractivity (Wildman–Crippen MR) is 75.1 cm³/mol. The molecule has 0 unspecified atom stereocenters. The van der Waals surface area contributed by atoms with Gasteiger partial charge in [-0.2, -0.15) is 0 Å². The topological polar surface area (TPSA) is 29.3 Å². The van der Waals surface area contributed by atoms with E-state index in [1.807, 2.05) is 0 Å². The standard InChI is InChI=1S/C15H26N2/c1-13(2)15(16)10-12-17(3)11-9-14-7-5-4-6-8-14/h4-8,13,15H,9-12,16H2,1-3H3/t15-/m1/s1. The van der Waals surface area contributed by atoms with Crippen LogP contribution in [0.4, 0.5) is 0 Å². The summed E-state index contributed by atoms with van der Waals surface area (Å²) in [5.41, 5.74) is 7.46. The molecule has 0 saturated carbocycles. The number of nitrogens with zero attached hydrogens (tertiary/aromatic N) is 1. The van der Waals surface area contributed by atoms with Crippen molar-refractivity contribution in [3.05, 3.63) is 35.9 Å². The van der Waals surface area contributed by atoms with Gasteiger partial charge in [-0.1, -0.05) is 44.2 Å². The fourth-order valence-corrected chi connectivity index (χ4v) is 1.78. The Balaban J connectivity index is 2.19. The maximum Gasteiger partial charge on any atom is 0.00740 e. The van der Waals surface area contributed by atoms with Gasteiger partial charge in [0.15, 0.2) is 0 Å². The zero-order chi connectivity index (χ0) is 12.7. The molecule has 0 saturated heterocycles. The van der Waals surface area contributed by atoms with Crippen molar-refractivity contribution >= 4 is 0 Å². The molecule has 0 bridgehead atoms. The molecule has 1 rings (SSSR count). The third kappa shape index (κ3) is 5.85. The van der Waals surface area contributed by atoms with Crippen molar-refractivity contribution in [3.8, 4) is 0 Å². The number of nitrogens with two attached hydrogens (primary N) is 1. The monoisotopic (exact) mass is 234 g/mol. The number of rotatable bonds is 7. The van der Waals surface area contributed by atoms with E-state index in [1.54, 1.807) is 0 Å². The molecule has 1 aromatic carbocycles. The minimum absolute atomic E-state index is 0.328.